The Kier molecular flexibility index (Phi) is 7.67. The van der Waals surface area contributed by atoms with Gasteiger partial charge in [-0.25, -0.2) is 0 Å². The molecule has 1 saturated heterocycles. The van der Waals surface area contributed by atoms with Crippen molar-refractivity contribution in [2.24, 2.45) is 5.92 Å². The van der Waals surface area contributed by atoms with Crippen molar-refractivity contribution in [2.45, 2.75) is 66.0 Å². The number of nitrogens with zero attached hydrogens (tertiary/aromatic N) is 2. The lowest BCUT2D eigenvalue weighted by molar-refractivity contribution is -0.127. The molecule has 2 amide bonds. The summed E-state index contributed by atoms with van der Waals surface area (Å²) in [5, 5.41) is 6.18. The maximum atomic E-state index is 12.7. The summed E-state index contributed by atoms with van der Waals surface area (Å²) in [6.45, 7) is 12.7. The Morgan fingerprint density at radius 3 is 2.47 bits per heavy atom. The molecule has 6 heteroatoms. The lowest BCUT2D eigenvalue weighted by Gasteiger charge is -2.33. The lowest BCUT2D eigenvalue weighted by atomic mass is 9.94. The van der Waals surface area contributed by atoms with Crippen LogP contribution in [0, 0.1) is 12.8 Å². The molecule has 0 atom stereocenters. The van der Waals surface area contributed by atoms with E-state index in [1.807, 2.05) is 33.8 Å². The Labute approximate surface area is 191 Å². The van der Waals surface area contributed by atoms with Gasteiger partial charge in [0.25, 0.3) is 5.91 Å². The number of carbonyl (C=O) groups excluding carboxylic acids is 2. The predicted octanol–water partition coefficient (Wildman–Crippen LogP) is 4.33. The largest absolute Gasteiger partial charge is 0.351 e. The molecule has 2 heterocycles. The summed E-state index contributed by atoms with van der Waals surface area (Å²) in [7, 11) is 0. The highest BCUT2D eigenvalue weighted by Crippen LogP contribution is 2.24. The van der Waals surface area contributed by atoms with Crippen molar-refractivity contribution in [1.82, 2.24) is 15.2 Å². The van der Waals surface area contributed by atoms with Gasteiger partial charge in [-0.05, 0) is 88.9 Å². The van der Waals surface area contributed by atoms with Crippen LogP contribution in [0.2, 0.25) is 0 Å². The van der Waals surface area contributed by atoms with Gasteiger partial charge in [-0.2, -0.15) is 0 Å². The van der Waals surface area contributed by atoms with Crippen LogP contribution in [0.15, 0.2) is 36.7 Å². The molecular formula is C26H36N4O2. The Bertz CT molecular complexity index is 957. The van der Waals surface area contributed by atoms with Gasteiger partial charge in [-0.1, -0.05) is 19.1 Å². The van der Waals surface area contributed by atoms with Crippen LogP contribution < -0.4 is 10.6 Å². The van der Waals surface area contributed by atoms with Crippen molar-refractivity contribution < 1.29 is 9.59 Å². The number of rotatable bonds is 6. The topological polar surface area (TPSA) is 74.3 Å². The minimum absolute atomic E-state index is 0.0886. The highest BCUT2D eigenvalue weighted by molar-refractivity contribution is 6.04. The molecule has 3 rings (SSSR count). The quantitative estimate of drug-likeness (QED) is 0.707. The minimum Gasteiger partial charge on any atom is -0.351 e. The molecular weight excluding hydrogens is 400 g/mol. The van der Waals surface area contributed by atoms with Crippen LogP contribution in [0.1, 0.15) is 67.6 Å². The summed E-state index contributed by atoms with van der Waals surface area (Å²) in [4.78, 5) is 31.7. The third kappa shape index (κ3) is 6.63. The molecule has 6 nitrogen and oxygen atoms in total. The van der Waals surface area contributed by atoms with E-state index < -0.39 is 0 Å². The normalized spacial score (nSPS) is 15.4. The molecule has 1 aromatic heterocycles. The van der Waals surface area contributed by atoms with E-state index in [0.29, 0.717) is 5.56 Å². The molecule has 0 unspecified atom stereocenters. The van der Waals surface area contributed by atoms with Crippen LogP contribution in [-0.4, -0.2) is 40.3 Å². The molecule has 2 N–H and O–H groups in total. The summed E-state index contributed by atoms with van der Waals surface area (Å²) >= 11 is 0. The first-order valence-electron chi connectivity index (χ1n) is 11.5. The number of hydrogen-bond donors (Lipinski definition) is 2. The summed E-state index contributed by atoms with van der Waals surface area (Å²) in [6.07, 6.45) is 5.93. The second-order valence-corrected chi connectivity index (χ2v) is 9.84. The van der Waals surface area contributed by atoms with E-state index in [4.69, 9.17) is 0 Å². The van der Waals surface area contributed by atoms with E-state index in [-0.39, 0.29) is 23.3 Å². The molecule has 1 aliphatic rings. The molecule has 1 aromatic carbocycles. The average molecular weight is 437 g/mol. The number of aryl methyl sites for hydroxylation is 2. The fourth-order valence-electron chi connectivity index (χ4n) is 4.10. The molecule has 32 heavy (non-hydrogen) atoms. The van der Waals surface area contributed by atoms with Crippen LogP contribution in [0.4, 0.5) is 5.69 Å². The first-order valence-corrected chi connectivity index (χ1v) is 11.5. The molecule has 1 aliphatic heterocycles. The number of likely N-dealkylation sites (tertiary alicyclic amines) is 1. The predicted molar refractivity (Wildman–Crippen MR) is 129 cm³/mol. The highest BCUT2D eigenvalue weighted by Gasteiger charge is 2.27. The van der Waals surface area contributed by atoms with Crippen LogP contribution in [0.25, 0.3) is 0 Å². The van der Waals surface area contributed by atoms with Crippen molar-refractivity contribution >= 4 is 17.5 Å². The fraction of sp³-hybridized carbons (Fsp3) is 0.500. The Morgan fingerprint density at radius 2 is 1.84 bits per heavy atom. The Hall–Kier alpha value is -2.73. The number of pyridine rings is 1. The van der Waals surface area contributed by atoms with Crippen LogP contribution in [0.5, 0.6) is 0 Å². The first kappa shape index (κ1) is 23.9. The maximum absolute atomic E-state index is 12.7. The molecule has 172 valence electrons. The van der Waals surface area contributed by atoms with Crippen LogP contribution >= 0.6 is 0 Å². The van der Waals surface area contributed by atoms with E-state index in [0.717, 1.165) is 61.3 Å². The van der Waals surface area contributed by atoms with E-state index in [1.54, 1.807) is 12.4 Å². The molecule has 0 saturated carbocycles. The lowest BCUT2D eigenvalue weighted by Crippen LogP contribution is -2.46. The van der Waals surface area contributed by atoms with E-state index in [9.17, 15) is 9.59 Å². The summed E-state index contributed by atoms with van der Waals surface area (Å²) in [5.74, 6) is 0.115. The summed E-state index contributed by atoms with van der Waals surface area (Å²) in [6, 6.07) is 8.17. The zero-order valence-electron chi connectivity index (χ0n) is 20.0. The third-order valence-electron chi connectivity index (χ3n) is 5.80. The number of nitrogens with one attached hydrogen (secondary N) is 2. The third-order valence-corrected chi connectivity index (χ3v) is 5.80. The summed E-state index contributed by atoms with van der Waals surface area (Å²) in [5.41, 5.74) is 4.47. The second kappa shape index (κ2) is 10.3. The number of carbonyl (C=O) groups is 2. The van der Waals surface area contributed by atoms with Crippen molar-refractivity contribution in [1.29, 1.82) is 0 Å². The van der Waals surface area contributed by atoms with Crippen molar-refractivity contribution in [3.05, 3.63) is 58.9 Å². The minimum atomic E-state index is -0.190. The zero-order chi connectivity index (χ0) is 23.3. The Morgan fingerprint density at radius 1 is 1.12 bits per heavy atom. The SMILES string of the molecule is CCc1ccc(CN2CCC(C(=O)NC(C)(C)C)CC2)cc1NC(=O)c1cncc(C)c1. The van der Waals surface area contributed by atoms with Gasteiger partial charge >= 0.3 is 0 Å². The average Bonchev–Trinajstić information content (AvgIpc) is 2.73. The number of hydrogen-bond acceptors (Lipinski definition) is 4. The van der Waals surface area contributed by atoms with Gasteiger partial charge in [-0.15, -0.1) is 0 Å². The fourth-order valence-corrected chi connectivity index (χ4v) is 4.10. The Balaban J connectivity index is 1.62. The number of amides is 2. The number of anilines is 1. The molecule has 0 spiro atoms. The molecule has 1 fully saturated rings. The van der Waals surface area contributed by atoms with Crippen LogP contribution in [0.3, 0.4) is 0 Å². The highest BCUT2D eigenvalue weighted by atomic mass is 16.2. The van der Waals surface area contributed by atoms with Crippen molar-refractivity contribution in [2.75, 3.05) is 18.4 Å². The van der Waals surface area contributed by atoms with E-state index in [2.05, 4.69) is 45.6 Å². The monoisotopic (exact) mass is 436 g/mol. The zero-order valence-corrected chi connectivity index (χ0v) is 20.0. The summed E-state index contributed by atoms with van der Waals surface area (Å²) < 4.78 is 0. The van der Waals surface area contributed by atoms with Crippen molar-refractivity contribution in [3.63, 3.8) is 0 Å². The van der Waals surface area contributed by atoms with Crippen molar-refractivity contribution in [3.8, 4) is 0 Å². The van der Waals surface area contributed by atoms with Gasteiger partial charge in [0.1, 0.15) is 0 Å². The maximum Gasteiger partial charge on any atom is 0.257 e. The van der Waals surface area contributed by atoms with E-state index >= 15 is 0 Å². The number of aromatic nitrogens is 1. The standard InChI is InChI=1S/C26H36N4O2/c1-6-20-8-7-19(14-23(20)28-24(31)22-13-18(2)15-27-16-22)17-30-11-9-21(10-12-30)25(32)29-26(3,4)5/h7-8,13-16,21H,6,9-12,17H2,1-5H3,(H,28,31)(H,29,32). The van der Waals surface area contributed by atoms with E-state index in [1.165, 1.54) is 0 Å². The number of benzene rings is 1. The van der Waals surface area contributed by atoms with Gasteiger partial charge in [0.15, 0.2) is 0 Å². The van der Waals surface area contributed by atoms with Gasteiger partial charge in [0, 0.05) is 36.1 Å². The van der Waals surface area contributed by atoms with Gasteiger partial charge in [0.2, 0.25) is 5.91 Å². The van der Waals surface area contributed by atoms with Gasteiger partial charge in [0.05, 0.1) is 5.56 Å². The molecule has 0 bridgehead atoms. The van der Waals surface area contributed by atoms with Gasteiger partial charge in [-0.3, -0.25) is 19.5 Å². The number of piperidine rings is 1. The van der Waals surface area contributed by atoms with Crippen LogP contribution in [-0.2, 0) is 17.8 Å². The molecule has 2 aromatic rings. The van der Waals surface area contributed by atoms with Gasteiger partial charge < -0.3 is 10.6 Å². The smallest absolute Gasteiger partial charge is 0.257 e. The molecule has 0 radical (unpaired) electrons. The second-order valence-electron chi connectivity index (χ2n) is 9.84. The first-order chi connectivity index (χ1) is 15.1. The molecule has 0 aliphatic carbocycles.